The Labute approximate surface area is 199 Å². The van der Waals surface area contributed by atoms with Crippen LogP contribution in [0.25, 0.3) is 11.0 Å². The fourth-order valence-corrected chi connectivity index (χ4v) is 5.36. The minimum atomic E-state index is -0.482. The van der Waals surface area contributed by atoms with Crippen LogP contribution in [0.2, 0.25) is 0 Å². The van der Waals surface area contributed by atoms with Crippen LogP contribution in [0.1, 0.15) is 67.0 Å². The molecule has 1 unspecified atom stereocenters. The summed E-state index contributed by atoms with van der Waals surface area (Å²) in [5, 5.41) is 3.87. The van der Waals surface area contributed by atoms with Gasteiger partial charge in [-0.25, -0.2) is 4.79 Å². The average molecular weight is 462 g/mol. The molecule has 0 bridgehead atoms. The molecule has 1 aliphatic heterocycles. The Morgan fingerprint density at radius 1 is 1.24 bits per heavy atom. The third-order valence-corrected chi connectivity index (χ3v) is 7.20. The van der Waals surface area contributed by atoms with Gasteiger partial charge in [-0.3, -0.25) is 4.79 Å². The van der Waals surface area contributed by atoms with Gasteiger partial charge in [-0.2, -0.15) is 0 Å². The van der Waals surface area contributed by atoms with Gasteiger partial charge in [0.05, 0.1) is 30.5 Å². The van der Waals surface area contributed by atoms with Crippen LogP contribution in [-0.4, -0.2) is 18.6 Å². The van der Waals surface area contributed by atoms with Crippen LogP contribution in [0.4, 0.5) is 0 Å². The first kappa shape index (κ1) is 22.5. The summed E-state index contributed by atoms with van der Waals surface area (Å²) in [5.41, 5.74) is 4.13. The smallest absolute Gasteiger partial charge is 0.340 e. The molecule has 0 radical (unpaired) electrons. The summed E-state index contributed by atoms with van der Waals surface area (Å²) in [5.74, 6) is 1.08. The van der Waals surface area contributed by atoms with E-state index in [0.717, 1.165) is 48.6 Å². The molecule has 2 aliphatic rings. The fraction of sp³-hybridized carbons (Fsp3) is 0.429. The van der Waals surface area contributed by atoms with E-state index in [1.807, 2.05) is 39.0 Å². The van der Waals surface area contributed by atoms with Crippen LogP contribution >= 0.6 is 0 Å². The second-order valence-electron chi connectivity index (χ2n) is 10.0. The number of carbonyl (C=O) groups is 1. The molecule has 1 aliphatic carbocycles. The predicted molar refractivity (Wildman–Crippen MR) is 131 cm³/mol. The van der Waals surface area contributed by atoms with Crippen LogP contribution in [0.15, 0.2) is 39.5 Å². The molecule has 0 saturated heterocycles. The topological polar surface area (TPSA) is 77.8 Å². The van der Waals surface area contributed by atoms with E-state index in [1.165, 1.54) is 11.1 Å². The van der Waals surface area contributed by atoms with Gasteiger partial charge in [-0.1, -0.05) is 24.3 Å². The number of nitrogens with one attached hydrogen (secondary N) is 1. The normalized spacial score (nSPS) is 18.5. The SMILES string of the molecule is COc1cc2c(c3oc(=O)c(CC(=O)NC4CCCc5ccccc54)c(C)c13)CCC(C)(C)O2. The number of fused-ring (bicyclic) bond motifs is 4. The van der Waals surface area contributed by atoms with Crippen LogP contribution in [-0.2, 0) is 24.1 Å². The van der Waals surface area contributed by atoms with Crippen molar-refractivity contribution in [2.75, 3.05) is 7.11 Å². The minimum absolute atomic E-state index is 0.0349. The largest absolute Gasteiger partial charge is 0.496 e. The summed E-state index contributed by atoms with van der Waals surface area (Å²) < 4.78 is 17.6. The molecule has 0 fully saturated rings. The highest BCUT2D eigenvalue weighted by Gasteiger charge is 2.31. The van der Waals surface area contributed by atoms with Gasteiger partial charge in [0, 0.05) is 11.6 Å². The molecule has 3 aromatic rings. The van der Waals surface area contributed by atoms with Crippen molar-refractivity contribution in [3.8, 4) is 11.5 Å². The van der Waals surface area contributed by atoms with Gasteiger partial charge >= 0.3 is 5.63 Å². The Balaban J connectivity index is 1.49. The van der Waals surface area contributed by atoms with Gasteiger partial charge in [-0.15, -0.1) is 0 Å². The lowest BCUT2D eigenvalue weighted by Crippen LogP contribution is -2.33. The number of hydrogen-bond acceptors (Lipinski definition) is 5. The van der Waals surface area contributed by atoms with E-state index in [4.69, 9.17) is 13.9 Å². The molecule has 6 nitrogen and oxygen atoms in total. The van der Waals surface area contributed by atoms with Gasteiger partial charge in [0.15, 0.2) is 0 Å². The van der Waals surface area contributed by atoms with E-state index in [9.17, 15) is 9.59 Å². The van der Waals surface area contributed by atoms with E-state index in [0.29, 0.717) is 22.6 Å². The van der Waals surface area contributed by atoms with Crippen molar-refractivity contribution < 1.29 is 18.7 Å². The Bertz CT molecular complexity index is 1340. The first-order valence-corrected chi connectivity index (χ1v) is 12.0. The van der Waals surface area contributed by atoms with Gasteiger partial charge in [0.1, 0.15) is 22.7 Å². The number of rotatable bonds is 4. The quantitative estimate of drug-likeness (QED) is 0.556. The standard InChI is InChI=1S/C28H31NO5/c1-16-20(14-24(30)29-21-11-7-9-17-8-5-6-10-18(17)21)27(31)33-26-19-12-13-28(2,3)34-22(19)15-23(32-4)25(16)26/h5-6,8,10,15,21H,7,9,11-14H2,1-4H3,(H,29,30). The molecule has 0 saturated carbocycles. The molecule has 1 atom stereocenters. The minimum Gasteiger partial charge on any atom is -0.496 e. The summed E-state index contributed by atoms with van der Waals surface area (Å²) in [6, 6.07) is 10.1. The van der Waals surface area contributed by atoms with Crippen LogP contribution in [0.3, 0.4) is 0 Å². The predicted octanol–water partition coefficient (Wildman–Crippen LogP) is 4.95. The molecule has 178 valence electrons. The zero-order chi connectivity index (χ0) is 24.0. The molecule has 5 rings (SSSR count). The van der Waals surface area contributed by atoms with Gasteiger partial charge in [-0.05, 0) is 69.6 Å². The summed E-state index contributed by atoms with van der Waals surface area (Å²) in [6.45, 7) is 5.95. The van der Waals surface area contributed by atoms with E-state index in [-0.39, 0.29) is 24.0 Å². The van der Waals surface area contributed by atoms with Crippen molar-refractivity contribution in [1.82, 2.24) is 5.32 Å². The van der Waals surface area contributed by atoms with Crippen molar-refractivity contribution >= 4 is 16.9 Å². The molecule has 2 heterocycles. The highest BCUT2D eigenvalue weighted by atomic mass is 16.5. The van der Waals surface area contributed by atoms with E-state index in [2.05, 4.69) is 17.4 Å². The van der Waals surface area contributed by atoms with Crippen LogP contribution in [0.5, 0.6) is 11.5 Å². The van der Waals surface area contributed by atoms with E-state index < -0.39 is 5.63 Å². The lowest BCUT2D eigenvalue weighted by atomic mass is 9.87. The zero-order valence-electron chi connectivity index (χ0n) is 20.2. The van der Waals surface area contributed by atoms with Gasteiger partial charge in [0.25, 0.3) is 0 Å². The molecule has 1 N–H and O–H groups in total. The van der Waals surface area contributed by atoms with Crippen molar-refractivity contribution in [2.24, 2.45) is 0 Å². The number of amides is 1. The average Bonchev–Trinajstić information content (AvgIpc) is 2.80. The van der Waals surface area contributed by atoms with E-state index >= 15 is 0 Å². The third kappa shape index (κ3) is 3.95. The molecule has 1 aromatic heterocycles. The Morgan fingerprint density at radius 2 is 2.03 bits per heavy atom. The number of ether oxygens (including phenoxy) is 2. The van der Waals surface area contributed by atoms with Crippen LogP contribution < -0.4 is 20.4 Å². The highest BCUT2D eigenvalue weighted by Crippen LogP contribution is 2.43. The first-order chi connectivity index (χ1) is 16.3. The second kappa shape index (κ2) is 8.49. The summed E-state index contributed by atoms with van der Waals surface area (Å²) in [6.07, 6.45) is 4.47. The van der Waals surface area contributed by atoms with Crippen molar-refractivity contribution in [2.45, 2.75) is 70.9 Å². The maximum Gasteiger partial charge on any atom is 0.340 e. The molecular weight excluding hydrogens is 430 g/mol. The van der Waals surface area contributed by atoms with Crippen molar-refractivity contribution in [3.63, 3.8) is 0 Å². The molecule has 34 heavy (non-hydrogen) atoms. The Hall–Kier alpha value is -3.28. The summed E-state index contributed by atoms with van der Waals surface area (Å²) >= 11 is 0. The van der Waals surface area contributed by atoms with Crippen molar-refractivity contribution in [3.05, 3.63) is 68.6 Å². The van der Waals surface area contributed by atoms with Crippen LogP contribution in [0, 0.1) is 6.92 Å². The molecule has 1 amide bonds. The molecule has 6 heteroatoms. The summed E-state index contributed by atoms with van der Waals surface area (Å²) in [4.78, 5) is 26.1. The van der Waals surface area contributed by atoms with E-state index in [1.54, 1.807) is 7.11 Å². The molecule has 0 spiro atoms. The lowest BCUT2D eigenvalue weighted by molar-refractivity contribution is -0.121. The van der Waals surface area contributed by atoms with Gasteiger partial charge in [0.2, 0.25) is 5.91 Å². The maximum atomic E-state index is 13.1. The summed E-state index contributed by atoms with van der Waals surface area (Å²) in [7, 11) is 1.59. The molecule has 2 aromatic carbocycles. The van der Waals surface area contributed by atoms with Crippen molar-refractivity contribution in [1.29, 1.82) is 0 Å². The zero-order valence-corrected chi connectivity index (χ0v) is 20.2. The Kier molecular flexibility index (Phi) is 5.62. The monoisotopic (exact) mass is 461 g/mol. The maximum absolute atomic E-state index is 13.1. The van der Waals surface area contributed by atoms with Gasteiger partial charge < -0.3 is 19.2 Å². The number of benzene rings is 2. The number of carbonyl (C=O) groups excluding carboxylic acids is 1. The molecular formula is C28H31NO5. The second-order valence-corrected chi connectivity index (χ2v) is 10.0. The fourth-order valence-electron chi connectivity index (χ4n) is 5.36. The highest BCUT2D eigenvalue weighted by molar-refractivity contribution is 5.93. The third-order valence-electron chi connectivity index (χ3n) is 7.20. The number of methoxy groups -OCH3 is 1. The first-order valence-electron chi connectivity index (χ1n) is 12.0. The number of aryl methyl sites for hydroxylation is 3. The number of hydrogen-bond donors (Lipinski definition) is 1. The Morgan fingerprint density at radius 3 is 2.82 bits per heavy atom. The lowest BCUT2D eigenvalue weighted by Gasteiger charge is -2.33.